The van der Waals surface area contributed by atoms with Crippen molar-refractivity contribution in [3.05, 3.63) is 62.2 Å². The summed E-state index contributed by atoms with van der Waals surface area (Å²) >= 11 is 7.15. The molecule has 208 valence electrons. The van der Waals surface area contributed by atoms with Crippen LogP contribution in [-0.2, 0) is 22.4 Å². The Labute approximate surface area is 233 Å². The number of aromatic amines is 1. The largest absolute Gasteiger partial charge is 0.506 e. The number of amides is 1. The molecule has 2 aromatic carbocycles. The third-order valence-electron chi connectivity index (χ3n) is 6.51. The Morgan fingerprint density at radius 2 is 1.97 bits per heavy atom. The fourth-order valence-corrected chi connectivity index (χ4v) is 5.30. The van der Waals surface area contributed by atoms with Gasteiger partial charge in [0.15, 0.2) is 0 Å². The van der Waals surface area contributed by atoms with Gasteiger partial charge in [-0.2, -0.15) is 0 Å². The Morgan fingerprint density at radius 3 is 2.76 bits per heavy atom. The summed E-state index contributed by atoms with van der Waals surface area (Å²) in [5.74, 6) is 0.192. The number of fused-ring (bicyclic) bond motifs is 1. The van der Waals surface area contributed by atoms with E-state index in [-0.39, 0.29) is 16.5 Å². The molecule has 0 atom stereocenters. The van der Waals surface area contributed by atoms with E-state index in [1.807, 2.05) is 35.2 Å². The summed E-state index contributed by atoms with van der Waals surface area (Å²) < 4.78 is 6.53. The van der Waals surface area contributed by atoms with E-state index < -0.39 is 0 Å². The summed E-state index contributed by atoms with van der Waals surface area (Å²) in [7, 11) is 2.09. The van der Waals surface area contributed by atoms with Crippen molar-refractivity contribution in [1.29, 1.82) is 0 Å². The lowest BCUT2D eigenvalue weighted by atomic mass is 10.1. The van der Waals surface area contributed by atoms with E-state index in [0.29, 0.717) is 56.4 Å². The van der Waals surface area contributed by atoms with Gasteiger partial charge in [0.05, 0.1) is 24.3 Å². The molecule has 3 N–H and O–H groups in total. The lowest BCUT2D eigenvalue weighted by Gasteiger charge is -2.24. The number of phenolic OH excluding ortho intramolecular Hbond substituents is 1. The Hall–Kier alpha value is -2.43. The summed E-state index contributed by atoms with van der Waals surface area (Å²) in [4.78, 5) is 31.4. The summed E-state index contributed by atoms with van der Waals surface area (Å²) in [6.45, 7) is 7.72. The van der Waals surface area contributed by atoms with Gasteiger partial charge in [-0.05, 0) is 75.3 Å². The second-order valence-electron chi connectivity index (χ2n) is 9.33. The van der Waals surface area contributed by atoms with Crippen LogP contribution in [-0.4, -0.2) is 85.3 Å². The lowest BCUT2D eigenvalue weighted by Crippen LogP contribution is -2.39. The van der Waals surface area contributed by atoms with Crippen LogP contribution in [0.3, 0.4) is 0 Å². The van der Waals surface area contributed by atoms with Gasteiger partial charge >= 0.3 is 4.87 Å². The molecule has 0 saturated carbocycles. The van der Waals surface area contributed by atoms with Crippen LogP contribution in [0.4, 0.5) is 0 Å². The van der Waals surface area contributed by atoms with Gasteiger partial charge in [-0.3, -0.25) is 9.59 Å². The molecule has 0 radical (unpaired) electrons. The van der Waals surface area contributed by atoms with E-state index in [0.717, 1.165) is 59.5 Å². The molecule has 3 aromatic rings. The van der Waals surface area contributed by atoms with Crippen LogP contribution in [0.2, 0.25) is 5.02 Å². The number of carbonyl (C=O) groups is 1. The maximum Gasteiger partial charge on any atom is 0.305 e. The minimum atomic E-state index is -0.174. The molecule has 1 heterocycles. The Morgan fingerprint density at radius 1 is 1.13 bits per heavy atom. The van der Waals surface area contributed by atoms with Crippen LogP contribution in [0.25, 0.3) is 10.2 Å². The number of aromatic nitrogens is 1. The topological polar surface area (TPSA) is 97.9 Å². The number of nitrogens with zero attached hydrogens (tertiary/aromatic N) is 2. The first-order chi connectivity index (χ1) is 18.4. The molecule has 0 spiro atoms. The van der Waals surface area contributed by atoms with Crippen LogP contribution in [0.1, 0.15) is 30.9 Å². The van der Waals surface area contributed by atoms with Crippen LogP contribution >= 0.6 is 22.9 Å². The van der Waals surface area contributed by atoms with Crippen molar-refractivity contribution >= 4 is 39.1 Å². The highest BCUT2D eigenvalue weighted by Crippen LogP contribution is 2.27. The highest BCUT2D eigenvalue weighted by atomic mass is 35.5. The second kappa shape index (κ2) is 15.9. The minimum absolute atomic E-state index is 0.0892. The van der Waals surface area contributed by atoms with Gasteiger partial charge in [0.25, 0.3) is 0 Å². The standard InChI is InChI=1S/C28H39ClN4O4S/c1-3-32(2)15-5-16-33(25(35)12-19-37-18-11-21-6-4-7-23(29)20-21)17-14-30-13-10-22-8-9-24(34)26-27(22)38-28(36)31-26/h4,6-9,20,30,34H,3,5,10-19H2,1-2H3,(H,31,36). The zero-order chi connectivity index (χ0) is 27.3. The number of aromatic hydroxyl groups is 1. The fraction of sp³-hybridized carbons (Fsp3) is 0.500. The number of H-pyrrole nitrogens is 1. The number of halogens is 1. The molecule has 0 fully saturated rings. The van der Waals surface area contributed by atoms with Gasteiger partial charge in [-0.25, -0.2) is 0 Å². The predicted octanol–water partition coefficient (Wildman–Crippen LogP) is 3.90. The predicted molar refractivity (Wildman–Crippen MR) is 156 cm³/mol. The van der Waals surface area contributed by atoms with Crippen molar-refractivity contribution in [2.24, 2.45) is 0 Å². The Bertz CT molecular complexity index is 1220. The van der Waals surface area contributed by atoms with Crippen molar-refractivity contribution in [3.8, 4) is 5.75 Å². The summed E-state index contributed by atoms with van der Waals surface area (Å²) in [5, 5.41) is 14.1. The van der Waals surface area contributed by atoms with Crippen molar-refractivity contribution < 1.29 is 14.6 Å². The quantitative estimate of drug-likeness (QED) is 0.216. The molecule has 0 saturated heterocycles. The molecule has 1 aromatic heterocycles. The molecular weight excluding hydrogens is 524 g/mol. The molecule has 1 amide bonds. The third kappa shape index (κ3) is 9.71. The van der Waals surface area contributed by atoms with Gasteiger partial charge in [-0.1, -0.05) is 48.1 Å². The number of hydrogen-bond acceptors (Lipinski definition) is 7. The second-order valence-corrected chi connectivity index (χ2v) is 10.8. The summed E-state index contributed by atoms with van der Waals surface area (Å²) in [5.41, 5.74) is 2.63. The van der Waals surface area contributed by atoms with Crippen LogP contribution in [0.5, 0.6) is 5.75 Å². The summed E-state index contributed by atoms with van der Waals surface area (Å²) in [6, 6.07) is 11.2. The van der Waals surface area contributed by atoms with Crippen molar-refractivity contribution in [2.75, 3.05) is 59.5 Å². The molecule has 0 aliphatic heterocycles. The molecule has 0 bridgehead atoms. The number of carbonyl (C=O) groups excluding carboxylic acids is 1. The summed E-state index contributed by atoms with van der Waals surface area (Å²) in [6.07, 6.45) is 2.76. The van der Waals surface area contributed by atoms with Gasteiger partial charge in [0, 0.05) is 24.7 Å². The monoisotopic (exact) mass is 562 g/mol. The van der Waals surface area contributed by atoms with Crippen LogP contribution < -0.4 is 10.2 Å². The number of hydrogen-bond donors (Lipinski definition) is 3. The Balaban J connectivity index is 1.42. The normalized spacial score (nSPS) is 11.5. The zero-order valence-electron chi connectivity index (χ0n) is 22.3. The average Bonchev–Trinajstić information content (AvgIpc) is 3.30. The first kappa shape index (κ1) is 30.1. The highest BCUT2D eigenvalue weighted by Gasteiger charge is 2.14. The maximum absolute atomic E-state index is 13.0. The van der Waals surface area contributed by atoms with Gasteiger partial charge < -0.3 is 29.9 Å². The van der Waals surface area contributed by atoms with E-state index >= 15 is 0 Å². The Kier molecular flexibility index (Phi) is 12.6. The number of rotatable bonds is 17. The number of thiazole rings is 1. The molecule has 0 aliphatic rings. The van der Waals surface area contributed by atoms with E-state index in [4.69, 9.17) is 16.3 Å². The average molecular weight is 563 g/mol. The lowest BCUT2D eigenvalue weighted by molar-refractivity contribution is -0.132. The number of phenols is 1. The number of nitrogens with one attached hydrogen (secondary N) is 2. The number of ether oxygens (including phenoxy) is 1. The molecule has 0 unspecified atom stereocenters. The third-order valence-corrected chi connectivity index (χ3v) is 7.71. The highest BCUT2D eigenvalue weighted by molar-refractivity contribution is 7.16. The van der Waals surface area contributed by atoms with Crippen LogP contribution in [0.15, 0.2) is 41.2 Å². The zero-order valence-corrected chi connectivity index (χ0v) is 23.9. The molecule has 38 heavy (non-hydrogen) atoms. The van der Waals surface area contributed by atoms with Gasteiger partial charge in [0.1, 0.15) is 11.3 Å². The smallest absolute Gasteiger partial charge is 0.305 e. The number of benzene rings is 2. The van der Waals surface area contributed by atoms with E-state index in [2.05, 4.69) is 29.2 Å². The minimum Gasteiger partial charge on any atom is -0.506 e. The first-order valence-electron chi connectivity index (χ1n) is 13.2. The van der Waals surface area contributed by atoms with E-state index in [1.54, 1.807) is 6.07 Å². The molecule has 3 rings (SSSR count). The molecule has 0 aliphatic carbocycles. The van der Waals surface area contributed by atoms with E-state index in [9.17, 15) is 14.7 Å². The van der Waals surface area contributed by atoms with E-state index in [1.165, 1.54) is 0 Å². The fourth-order valence-electron chi connectivity index (χ4n) is 4.18. The van der Waals surface area contributed by atoms with Crippen molar-refractivity contribution in [2.45, 2.75) is 32.6 Å². The van der Waals surface area contributed by atoms with Crippen molar-refractivity contribution in [1.82, 2.24) is 20.1 Å². The maximum atomic E-state index is 13.0. The van der Waals surface area contributed by atoms with Crippen molar-refractivity contribution in [3.63, 3.8) is 0 Å². The van der Waals surface area contributed by atoms with Crippen LogP contribution in [0, 0.1) is 0 Å². The molecular formula is C28H39ClN4O4S. The molecule has 10 heteroatoms. The van der Waals surface area contributed by atoms with Gasteiger partial charge in [-0.15, -0.1) is 0 Å². The first-order valence-corrected chi connectivity index (χ1v) is 14.4. The van der Waals surface area contributed by atoms with Gasteiger partial charge in [0.2, 0.25) is 5.91 Å². The SMILES string of the molecule is CCN(C)CCCN(CCNCCc1ccc(O)c2[nH]c(=O)sc12)C(=O)CCOCCc1cccc(Cl)c1. The molecule has 8 nitrogen and oxygen atoms in total.